The Hall–Kier alpha value is -2.18. The lowest BCUT2D eigenvalue weighted by molar-refractivity contribution is -0.168. The maximum atomic E-state index is 6.29. The van der Waals surface area contributed by atoms with Crippen LogP contribution >= 0.6 is 0 Å². The molecule has 6 heteroatoms. The zero-order chi connectivity index (χ0) is 16.7. The van der Waals surface area contributed by atoms with Crippen LogP contribution in [0.2, 0.25) is 0 Å². The van der Waals surface area contributed by atoms with Crippen molar-refractivity contribution in [1.29, 1.82) is 0 Å². The van der Waals surface area contributed by atoms with E-state index in [0.29, 0.717) is 5.82 Å². The minimum atomic E-state index is -0.602. The van der Waals surface area contributed by atoms with Gasteiger partial charge in [0.15, 0.2) is 5.79 Å². The molecule has 24 heavy (non-hydrogen) atoms. The topological polar surface area (TPSA) is 75.2 Å². The fraction of sp³-hybridized carbons (Fsp3) is 0.444. The van der Waals surface area contributed by atoms with E-state index in [-0.39, 0.29) is 29.6 Å². The van der Waals surface area contributed by atoms with E-state index < -0.39 is 5.79 Å². The third-order valence-corrected chi connectivity index (χ3v) is 5.71. The molecule has 3 heterocycles. The Morgan fingerprint density at radius 3 is 2.88 bits per heavy atom. The van der Waals surface area contributed by atoms with Gasteiger partial charge in [-0.2, -0.15) is 0 Å². The van der Waals surface area contributed by atoms with Crippen molar-refractivity contribution in [2.45, 2.75) is 37.9 Å². The number of allylic oxidation sites excluding steroid dienone is 1. The number of aromatic nitrogens is 3. The molecule has 2 aromatic rings. The maximum Gasteiger partial charge on any atom is 0.163 e. The number of rotatable bonds is 2. The summed E-state index contributed by atoms with van der Waals surface area (Å²) < 4.78 is 14.7. The van der Waals surface area contributed by atoms with Gasteiger partial charge in [0.25, 0.3) is 0 Å². The van der Waals surface area contributed by atoms with Crippen molar-refractivity contribution in [3.63, 3.8) is 0 Å². The number of hydrogen-bond acceptors (Lipinski definition) is 5. The highest BCUT2D eigenvalue weighted by atomic mass is 16.8. The van der Waals surface area contributed by atoms with Crippen molar-refractivity contribution in [1.82, 2.24) is 14.5 Å². The molecule has 124 valence electrons. The van der Waals surface area contributed by atoms with Crippen molar-refractivity contribution in [3.05, 3.63) is 43.4 Å². The molecule has 1 aliphatic heterocycles. The van der Waals surface area contributed by atoms with Crippen molar-refractivity contribution in [3.8, 4) is 0 Å². The molecular weight excluding hydrogens is 304 g/mol. The first-order chi connectivity index (χ1) is 11.5. The highest BCUT2D eigenvalue weighted by Gasteiger charge is 2.67. The Labute approximate surface area is 140 Å². The minimum absolute atomic E-state index is 0.0402. The van der Waals surface area contributed by atoms with Gasteiger partial charge in [0.2, 0.25) is 0 Å². The molecule has 2 fully saturated rings. The summed E-state index contributed by atoms with van der Waals surface area (Å²) in [5.41, 5.74) is 6.65. The SMILES string of the molecule is C=C[C@@]12C=C[C@@H]1[C@@H](n1ccc3c(N)ncnc31)[C@@H]1OC(C)(C)O[C@@H]12. The average Bonchev–Trinajstić information content (AvgIpc) is 3.10. The molecule has 3 aliphatic rings. The second-order valence-electron chi connectivity index (χ2n) is 7.32. The van der Waals surface area contributed by atoms with Crippen LogP contribution in [0.1, 0.15) is 19.9 Å². The Kier molecular flexibility index (Phi) is 2.52. The maximum absolute atomic E-state index is 6.29. The molecule has 5 atom stereocenters. The number of nitrogens with zero attached hydrogens (tertiary/aromatic N) is 3. The molecule has 5 rings (SSSR count). The van der Waals surface area contributed by atoms with Crippen LogP contribution in [0.5, 0.6) is 0 Å². The van der Waals surface area contributed by atoms with Gasteiger partial charge in [-0.15, -0.1) is 6.58 Å². The summed E-state index contributed by atoms with van der Waals surface area (Å²) in [6.45, 7) is 8.00. The van der Waals surface area contributed by atoms with E-state index >= 15 is 0 Å². The van der Waals surface area contributed by atoms with Crippen molar-refractivity contribution >= 4 is 16.9 Å². The van der Waals surface area contributed by atoms with E-state index in [1.807, 2.05) is 32.2 Å². The van der Waals surface area contributed by atoms with Gasteiger partial charge in [0.05, 0.1) is 11.4 Å². The number of anilines is 1. The second-order valence-corrected chi connectivity index (χ2v) is 7.32. The largest absolute Gasteiger partial charge is 0.383 e. The lowest BCUT2D eigenvalue weighted by atomic mass is 9.67. The molecule has 0 radical (unpaired) electrons. The third-order valence-electron chi connectivity index (χ3n) is 5.71. The Morgan fingerprint density at radius 1 is 1.33 bits per heavy atom. The first kappa shape index (κ1) is 14.2. The lowest BCUT2D eigenvalue weighted by Gasteiger charge is -2.41. The molecule has 2 N–H and O–H groups in total. The zero-order valence-electron chi connectivity index (χ0n) is 13.7. The van der Waals surface area contributed by atoms with Gasteiger partial charge in [0, 0.05) is 17.5 Å². The smallest absolute Gasteiger partial charge is 0.163 e. The Balaban J connectivity index is 1.69. The van der Waals surface area contributed by atoms with Crippen LogP contribution in [-0.4, -0.2) is 32.5 Å². The summed E-state index contributed by atoms with van der Waals surface area (Å²) in [4.78, 5) is 8.54. The predicted octanol–water partition coefficient (Wildman–Crippen LogP) is 2.45. The van der Waals surface area contributed by atoms with E-state index in [1.165, 1.54) is 6.33 Å². The summed E-state index contributed by atoms with van der Waals surface area (Å²) in [7, 11) is 0. The summed E-state index contributed by atoms with van der Waals surface area (Å²) in [6.07, 6.45) is 9.86. The normalized spacial score (nSPS) is 38.8. The van der Waals surface area contributed by atoms with E-state index in [0.717, 1.165) is 11.0 Å². The fourth-order valence-electron chi connectivity index (χ4n) is 4.64. The van der Waals surface area contributed by atoms with Crippen LogP contribution in [0.3, 0.4) is 0 Å². The molecule has 1 saturated heterocycles. The summed E-state index contributed by atoms with van der Waals surface area (Å²) in [6, 6.07) is 2.06. The molecule has 2 aromatic heterocycles. The van der Waals surface area contributed by atoms with E-state index in [2.05, 4.69) is 33.3 Å². The lowest BCUT2D eigenvalue weighted by Crippen LogP contribution is -2.40. The van der Waals surface area contributed by atoms with Crippen molar-refractivity contribution in [2.75, 3.05) is 5.73 Å². The number of nitrogen functional groups attached to an aromatic ring is 1. The van der Waals surface area contributed by atoms with E-state index in [1.54, 1.807) is 0 Å². The monoisotopic (exact) mass is 324 g/mol. The molecule has 0 spiro atoms. The fourth-order valence-corrected chi connectivity index (χ4v) is 4.64. The molecular formula is C18H20N4O2. The number of nitrogens with two attached hydrogens (primary N) is 1. The average molecular weight is 324 g/mol. The quantitative estimate of drug-likeness (QED) is 0.859. The highest BCUT2D eigenvalue weighted by Crippen LogP contribution is 2.63. The van der Waals surface area contributed by atoms with Crippen LogP contribution in [0.25, 0.3) is 11.0 Å². The standard InChI is InChI=1S/C18H20N4O2/c1-4-18-7-5-11(18)12(13-14(18)24-17(2,3)23-13)22-8-6-10-15(19)20-9-21-16(10)22/h4-9,11-14H,1H2,2-3H3,(H2,19,20,21)/t11-,12-,13+,14+,18-/m1/s1. The van der Waals surface area contributed by atoms with Gasteiger partial charge < -0.3 is 19.8 Å². The summed E-state index contributed by atoms with van der Waals surface area (Å²) in [5, 5.41) is 0.867. The predicted molar refractivity (Wildman–Crippen MR) is 90.1 cm³/mol. The van der Waals surface area contributed by atoms with Crippen LogP contribution in [0.15, 0.2) is 43.4 Å². The highest BCUT2D eigenvalue weighted by molar-refractivity contribution is 5.86. The molecule has 0 amide bonds. The van der Waals surface area contributed by atoms with E-state index in [4.69, 9.17) is 15.2 Å². The van der Waals surface area contributed by atoms with Gasteiger partial charge >= 0.3 is 0 Å². The molecule has 0 bridgehead atoms. The Morgan fingerprint density at radius 2 is 2.17 bits per heavy atom. The number of hydrogen-bond donors (Lipinski definition) is 1. The van der Waals surface area contributed by atoms with Gasteiger partial charge in [0.1, 0.15) is 30.0 Å². The zero-order valence-corrected chi connectivity index (χ0v) is 13.7. The molecule has 2 aliphatic carbocycles. The van der Waals surface area contributed by atoms with Crippen molar-refractivity contribution < 1.29 is 9.47 Å². The first-order valence-electron chi connectivity index (χ1n) is 8.22. The number of fused-ring (bicyclic) bond motifs is 4. The van der Waals surface area contributed by atoms with Gasteiger partial charge in [-0.05, 0) is 19.9 Å². The molecule has 1 saturated carbocycles. The van der Waals surface area contributed by atoms with E-state index in [9.17, 15) is 0 Å². The third kappa shape index (κ3) is 1.53. The van der Waals surface area contributed by atoms with Crippen LogP contribution in [0.4, 0.5) is 5.82 Å². The van der Waals surface area contributed by atoms with Gasteiger partial charge in [-0.1, -0.05) is 18.2 Å². The molecule has 0 aromatic carbocycles. The molecule has 6 nitrogen and oxygen atoms in total. The summed E-state index contributed by atoms with van der Waals surface area (Å²) in [5.74, 6) is 0.166. The van der Waals surface area contributed by atoms with Gasteiger partial charge in [-0.3, -0.25) is 0 Å². The first-order valence-corrected chi connectivity index (χ1v) is 8.22. The second kappa shape index (κ2) is 4.26. The van der Waals surface area contributed by atoms with Crippen LogP contribution in [-0.2, 0) is 9.47 Å². The number of ether oxygens (including phenoxy) is 2. The van der Waals surface area contributed by atoms with Crippen LogP contribution in [0, 0.1) is 11.3 Å². The van der Waals surface area contributed by atoms with Gasteiger partial charge in [-0.25, -0.2) is 9.97 Å². The van der Waals surface area contributed by atoms with Crippen LogP contribution < -0.4 is 5.73 Å². The molecule has 0 unspecified atom stereocenters. The Bertz CT molecular complexity index is 886. The van der Waals surface area contributed by atoms with Crippen molar-refractivity contribution in [2.24, 2.45) is 11.3 Å². The minimum Gasteiger partial charge on any atom is -0.383 e. The summed E-state index contributed by atoms with van der Waals surface area (Å²) >= 11 is 0.